The smallest absolute Gasteiger partial charge is 0.326 e. The lowest BCUT2D eigenvalue weighted by atomic mass is 9.93. The highest BCUT2D eigenvalue weighted by molar-refractivity contribution is 5.81. The van der Waals surface area contributed by atoms with Crippen LogP contribution in [0.25, 0.3) is 0 Å². The number of carbonyl (C=O) groups is 1. The van der Waals surface area contributed by atoms with Crippen LogP contribution in [-0.2, 0) is 20.9 Å². The molecule has 0 radical (unpaired) electrons. The van der Waals surface area contributed by atoms with E-state index in [0.29, 0.717) is 6.61 Å². The Morgan fingerprint density at radius 1 is 1.30 bits per heavy atom. The maximum atomic E-state index is 12.2. The average molecular weight is 319 g/mol. The first-order valence-electron chi connectivity index (χ1n) is 8.65. The lowest BCUT2D eigenvalue weighted by Gasteiger charge is -2.27. The molecule has 4 heteroatoms. The molecule has 128 valence electrons. The van der Waals surface area contributed by atoms with Crippen LogP contribution in [0.5, 0.6) is 0 Å². The third kappa shape index (κ3) is 3.75. The molecule has 2 saturated heterocycles. The van der Waals surface area contributed by atoms with Crippen molar-refractivity contribution in [3.63, 3.8) is 0 Å². The molecule has 0 N–H and O–H groups in total. The van der Waals surface area contributed by atoms with Gasteiger partial charge in [0.05, 0.1) is 19.8 Å². The molecule has 0 amide bonds. The van der Waals surface area contributed by atoms with E-state index in [2.05, 4.69) is 36.1 Å². The number of nitrogens with zero attached hydrogens (tertiary/aromatic N) is 1. The van der Waals surface area contributed by atoms with Gasteiger partial charge in [-0.2, -0.15) is 0 Å². The molecule has 0 spiro atoms. The Bertz CT molecular complexity index is 514. The van der Waals surface area contributed by atoms with Crippen molar-refractivity contribution >= 4 is 5.97 Å². The highest BCUT2D eigenvalue weighted by atomic mass is 16.5. The van der Waals surface area contributed by atoms with Crippen LogP contribution >= 0.6 is 0 Å². The normalized spacial score (nSPS) is 26.3. The van der Waals surface area contributed by atoms with Gasteiger partial charge in [-0.05, 0) is 31.9 Å². The second-order valence-corrected chi connectivity index (χ2v) is 6.20. The molecule has 2 unspecified atom stereocenters. The molecule has 4 nitrogen and oxygen atoms in total. The minimum atomic E-state index is -0.424. The van der Waals surface area contributed by atoms with E-state index in [9.17, 15) is 4.79 Å². The molecule has 0 saturated carbocycles. The Morgan fingerprint density at radius 2 is 2.00 bits per heavy atom. The quantitative estimate of drug-likeness (QED) is 0.798. The molecule has 23 heavy (non-hydrogen) atoms. The molecule has 1 aromatic carbocycles. The van der Waals surface area contributed by atoms with Gasteiger partial charge in [0.15, 0.2) is 0 Å². The fourth-order valence-corrected chi connectivity index (χ4v) is 3.63. The topological polar surface area (TPSA) is 38.8 Å². The molecule has 2 aliphatic heterocycles. The molecule has 2 atom stereocenters. The fraction of sp³-hybridized carbons (Fsp3) is 0.632. The van der Waals surface area contributed by atoms with Crippen molar-refractivity contribution in [3.05, 3.63) is 35.4 Å². The van der Waals surface area contributed by atoms with Crippen molar-refractivity contribution < 1.29 is 14.3 Å². The highest BCUT2D eigenvalue weighted by Crippen LogP contribution is 2.40. The van der Waals surface area contributed by atoms with Gasteiger partial charge >= 0.3 is 5.97 Å². The largest absolute Gasteiger partial charge is 0.468 e. The summed E-state index contributed by atoms with van der Waals surface area (Å²) in [4.78, 5) is 14.4. The second-order valence-electron chi connectivity index (χ2n) is 6.20. The van der Waals surface area contributed by atoms with Gasteiger partial charge < -0.3 is 9.47 Å². The van der Waals surface area contributed by atoms with Crippen LogP contribution in [0.1, 0.15) is 44.2 Å². The van der Waals surface area contributed by atoms with E-state index in [1.54, 1.807) is 0 Å². The van der Waals surface area contributed by atoms with E-state index in [1.807, 2.05) is 13.8 Å². The molecule has 3 rings (SSSR count). The third-order valence-electron chi connectivity index (χ3n) is 4.78. The summed E-state index contributed by atoms with van der Waals surface area (Å²) in [5, 5.41) is 0. The summed E-state index contributed by atoms with van der Waals surface area (Å²) < 4.78 is 11.1. The summed E-state index contributed by atoms with van der Waals surface area (Å²) in [6, 6.07) is 8.39. The van der Waals surface area contributed by atoms with E-state index in [4.69, 9.17) is 9.47 Å². The standard InChI is InChI=1S/C17H23NO3.C2H6/c1-13-4-6-14(7-5-13)12-21-15-10-17(16(19)20-2)8-3-9-18(17)11-15;1-2/h4-7,15H,3,8-12H2,1-2H3;1-2H3. The Kier molecular flexibility index (Phi) is 6.19. The van der Waals surface area contributed by atoms with E-state index in [0.717, 1.165) is 32.4 Å². The predicted octanol–water partition coefficient (Wildman–Crippen LogP) is 3.32. The maximum Gasteiger partial charge on any atom is 0.326 e. The number of hydrogen-bond donors (Lipinski definition) is 0. The summed E-state index contributed by atoms with van der Waals surface area (Å²) in [6.45, 7) is 8.49. The lowest BCUT2D eigenvalue weighted by Crippen LogP contribution is -2.46. The number of aryl methyl sites for hydroxylation is 1. The van der Waals surface area contributed by atoms with Crippen LogP contribution in [0, 0.1) is 6.92 Å². The zero-order valence-electron chi connectivity index (χ0n) is 14.8. The van der Waals surface area contributed by atoms with Gasteiger partial charge in [-0.15, -0.1) is 0 Å². The van der Waals surface area contributed by atoms with Crippen molar-refractivity contribution in [1.29, 1.82) is 0 Å². The first-order valence-corrected chi connectivity index (χ1v) is 8.65. The SMILES string of the molecule is CC.COC(=O)C12CCCN1CC(OCc1ccc(C)cc1)C2. The van der Waals surface area contributed by atoms with E-state index >= 15 is 0 Å². The van der Waals surface area contributed by atoms with E-state index in [1.165, 1.54) is 18.2 Å². The zero-order valence-corrected chi connectivity index (χ0v) is 14.8. The van der Waals surface area contributed by atoms with Gasteiger partial charge in [0, 0.05) is 13.0 Å². The predicted molar refractivity (Wildman–Crippen MR) is 91.3 cm³/mol. The molecule has 2 fully saturated rings. The van der Waals surface area contributed by atoms with Gasteiger partial charge in [0.1, 0.15) is 5.54 Å². The van der Waals surface area contributed by atoms with Gasteiger partial charge in [-0.25, -0.2) is 0 Å². The maximum absolute atomic E-state index is 12.2. The highest BCUT2D eigenvalue weighted by Gasteiger charge is 2.54. The van der Waals surface area contributed by atoms with Crippen LogP contribution in [0.4, 0.5) is 0 Å². The first-order chi connectivity index (χ1) is 11.1. The molecule has 2 aliphatic rings. The Hall–Kier alpha value is -1.39. The molecular formula is C19H29NO3. The number of hydrogen-bond acceptors (Lipinski definition) is 4. The molecular weight excluding hydrogens is 290 g/mol. The number of carbonyl (C=O) groups excluding carboxylic acids is 1. The Labute approximate surface area is 139 Å². The van der Waals surface area contributed by atoms with Crippen LogP contribution < -0.4 is 0 Å². The lowest BCUT2D eigenvalue weighted by molar-refractivity contribution is -0.152. The van der Waals surface area contributed by atoms with Crippen molar-refractivity contribution in [1.82, 2.24) is 4.90 Å². The molecule has 0 aromatic heterocycles. The van der Waals surface area contributed by atoms with Crippen LogP contribution in [-0.4, -0.2) is 42.7 Å². The van der Waals surface area contributed by atoms with Crippen LogP contribution in [0.2, 0.25) is 0 Å². The fourth-order valence-electron chi connectivity index (χ4n) is 3.63. The minimum Gasteiger partial charge on any atom is -0.468 e. The third-order valence-corrected chi connectivity index (χ3v) is 4.78. The summed E-state index contributed by atoms with van der Waals surface area (Å²) in [5.74, 6) is -0.0959. The average Bonchev–Trinajstić information content (AvgIpc) is 3.13. The van der Waals surface area contributed by atoms with Crippen molar-refractivity contribution in [2.24, 2.45) is 0 Å². The minimum absolute atomic E-state index is 0.0959. The first kappa shape index (κ1) is 18.0. The summed E-state index contributed by atoms with van der Waals surface area (Å²) in [6.07, 6.45) is 2.83. The molecule has 2 heterocycles. The number of esters is 1. The summed E-state index contributed by atoms with van der Waals surface area (Å²) in [5.41, 5.74) is 2.01. The van der Waals surface area contributed by atoms with Gasteiger partial charge in [-0.3, -0.25) is 9.69 Å². The van der Waals surface area contributed by atoms with Crippen molar-refractivity contribution in [2.45, 2.75) is 58.3 Å². The number of fused-ring (bicyclic) bond motifs is 1. The number of ether oxygens (including phenoxy) is 2. The molecule has 0 bridgehead atoms. The summed E-state index contributed by atoms with van der Waals surface area (Å²) >= 11 is 0. The summed E-state index contributed by atoms with van der Waals surface area (Å²) in [7, 11) is 1.48. The van der Waals surface area contributed by atoms with Crippen molar-refractivity contribution in [3.8, 4) is 0 Å². The van der Waals surface area contributed by atoms with E-state index in [-0.39, 0.29) is 12.1 Å². The van der Waals surface area contributed by atoms with Gasteiger partial charge in [0.25, 0.3) is 0 Å². The number of methoxy groups -OCH3 is 1. The Morgan fingerprint density at radius 3 is 2.65 bits per heavy atom. The number of rotatable bonds is 4. The monoisotopic (exact) mass is 319 g/mol. The molecule has 0 aliphatic carbocycles. The second kappa shape index (κ2) is 7.93. The molecule has 1 aromatic rings. The van der Waals surface area contributed by atoms with E-state index < -0.39 is 5.54 Å². The van der Waals surface area contributed by atoms with Gasteiger partial charge in [-0.1, -0.05) is 43.7 Å². The van der Waals surface area contributed by atoms with Crippen LogP contribution in [0.3, 0.4) is 0 Å². The van der Waals surface area contributed by atoms with Gasteiger partial charge in [0.2, 0.25) is 0 Å². The van der Waals surface area contributed by atoms with Crippen LogP contribution in [0.15, 0.2) is 24.3 Å². The van der Waals surface area contributed by atoms with Crippen molar-refractivity contribution in [2.75, 3.05) is 20.2 Å². The Balaban J connectivity index is 0.000000924. The zero-order chi connectivity index (χ0) is 16.9. The number of benzene rings is 1.